The largest absolute Gasteiger partial charge is 0.478 e. The quantitative estimate of drug-likeness (QED) is 0.370. The average molecular weight is 516 g/mol. The maximum Gasteiger partial charge on any atom is 0.251 e. The molecule has 3 rings (SSSR count). The fourth-order valence-electron chi connectivity index (χ4n) is 3.38. The number of nitrogens with zero attached hydrogens (tertiary/aromatic N) is 3. The molecule has 2 aromatic rings. The van der Waals surface area contributed by atoms with Gasteiger partial charge in [0.15, 0.2) is 0 Å². The minimum absolute atomic E-state index is 0.236. The van der Waals surface area contributed by atoms with E-state index in [1.54, 1.807) is 38.2 Å². The monoisotopic (exact) mass is 515 g/mol. The van der Waals surface area contributed by atoms with Crippen LogP contribution in [0.5, 0.6) is 5.88 Å². The predicted octanol–water partition coefficient (Wildman–Crippen LogP) is 3.81. The van der Waals surface area contributed by atoms with E-state index in [1.165, 1.54) is 20.0 Å². The number of pyridine rings is 1. The molecule has 0 spiro atoms. The van der Waals surface area contributed by atoms with E-state index in [0.717, 1.165) is 18.4 Å². The number of aliphatic hydroxyl groups is 1. The molecule has 1 aromatic carbocycles. The molecule has 3 N–H and O–H groups in total. The van der Waals surface area contributed by atoms with Crippen molar-refractivity contribution in [3.8, 4) is 5.88 Å². The highest BCUT2D eigenvalue weighted by Gasteiger charge is 2.26. The molecule has 10 heteroatoms. The summed E-state index contributed by atoms with van der Waals surface area (Å²) >= 11 is 6.45. The number of aliphatic hydroxyl groups excluding tert-OH is 1. The Balaban J connectivity index is 1.68. The van der Waals surface area contributed by atoms with Gasteiger partial charge in [-0.25, -0.2) is 15.0 Å². The lowest BCUT2D eigenvalue weighted by atomic mass is 10.1. The van der Waals surface area contributed by atoms with E-state index in [1.807, 2.05) is 12.1 Å². The first-order valence-electron chi connectivity index (χ1n) is 12.1. The fourth-order valence-corrected chi connectivity index (χ4v) is 3.59. The summed E-state index contributed by atoms with van der Waals surface area (Å²) in [5.41, 5.74) is 1.10. The summed E-state index contributed by atoms with van der Waals surface area (Å²) in [6, 6.07) is 8.93. The molecule has 0 aliphatic carbocycles. The summed E-state index contributed by atoms with van der Waals surface area (Å²) in [5.74, 6) is 1.07. The summed E-state index contributed by atoms with van der Waals surface area (Å²) in [4.78, 5) is 25.1. The predicted molar refractivity (Wildman–Crippen MR) is 140 cm³/mol. The number of hydrogen-bond donors (Lipinski definition) is 3. The van der Waals surface area contributed by atoms with Crippen LogP contribution in [0.25, 0.3) is 0 Å². The molecular weight excluding hydrogens is 482 g/mol. The molecule has 1 atom stereocenters. The molecule has 1 unspecified atom stereocenters. The third kappa shape index (κ3) is 7.49. The zero-order chi connectivity index (χ0) is 26.1. The molecule has 1 aliphatic heterocycles. The van der Waals surface area contributed by atoms with Crippen molar-refractivity contribution in [1.82, 2.24) is 15.6 Å². The van der Waals surface area contributed by atoms with Gasteiger partial charge in [0, 0.05) is 37.0 Å². The topological polar surface area (TPSA) is 117 Å². The molecule has 1 aromatic heterocycles. The van der Waals surface area contributed by atoms with E-state index >= 15 is 0 Å². The smallest absolute Gasteiger partial charge is 0.251 e. The van der Waals surface area contributed by atoms with Gasteiger partial charge in [0.25, 0.3) is 5.91 Å². The van der Waals surface area contributed by atoms with Crippen LogP contribution >= 0.6 is 11.6 Å². The number of ether oxygens (including phenoxy) is 2. The summed E-state index contributed by atoms with van der Waals surface area (Å²) in [6.07, 6.45) is 4.84. The van der Waals surface area contributed by atoms with Gasteiger partial charge in [0.2, 0.25) is 12.2 Å². The van der Waals surface area contributed by atoms with Gasteiger partial charge in [-0.2, -0.15) is 0 Å². The highest BCUT2D eigenvalue weighted by atomic mass is 35.5. The maximum absolute atomic E-state index is 12.3. The van der Waals surface area contributed by atoms with Crippen molar-refractivity contribution < 1.29 is 19.4 Å². The molecule has 194 valence electrons. The van der Waals surface area contributed by atoms with Gasteiger partial charge in [0.1, 0.15) is 17.3 Å². The van der Waals surface area contributed by atoms with Crippen LogP contribution in [0.3, 0.4) is 0 Å². The Kier molecular flexibility index (Phi) is 9.81. The Labute approximate surface area is 217 Å². The van der Waals surface area contributed by atoms with Crippen LogP contribution in [-0.4, -0.2) is 53.3 Å². The third-order valence-corrected chi connectivity index (χ3v) is 6.11. The summed E-state index contributed by atoms with van der Waals surface area (Å²) in [7, 11) is 1.49. The molecule has 1 aliphatic rings. The van der Waals surface area contributed by atoms with E-state index in [9.17, 15) is 9.90 Å². The number of aliphatic imine (C=N–C) groups is 2. The van der Waals surface area contributed by atoms with Crippen LogP contribution in [0.4, 0.5) is 0 Å². The van der Waals surface area contributed by atoms with Crippen molar-refractivity contribution in [2.45, 2.75) is 65.0 Å². The van der Waals surface area contributed by atoms with Gasteiger partial charge < -0.3 is 25.2 Å². The minimum atomic E-state index is -1.30. The maximum atomic E-state index is 12.3. The zero-order valence-electron chi connectivity index (χ0n) is 21.2. The molecule has 0 fully saturated rings. The van der Waals surface area contributed by atoms with Crippen molar-refractivity contribution in [3.63, 3.8) is 0 Å². The van der Waals surface area contributed by atoms with Crippen molar-refractivity contribution in [1.29, 1.82) is 0 Å². The lowest BCUT2D eigenvalue weighted by Gasteiger charge is -2.22. The highest BCUT2D eigenvalue weighted by molar-refractivity contribution is 6.35. The molecule has 36 heavy (non-hydrogen) atoms. The zero-order valence-corrected chi connectivity index (χ0v) is 21.9. The van der Waals surface area contributed by atoms with Crippen molar-refractivity contribution in [2.24, 2.45) is 9.98 Å². The lowest BCUT2D eigenvalue weighted by Crippen LogP contribution is -2.43. The van der Waals surface area contributed by atoms with Crippen LogP contribution in [0.1, 0.15) is 63.1 Å². The molecular formula is C26H34ClN5O4. The Morgan fingerprint density at radius 1 is 1.17 bits per heavy atom. The second-order valence-electron chi connectivity index (χ2n) is 8.93. The first-order chi connectivity index (χ1) is 17.2. The van der Waals surface area contributed by atoms with Crippen molar-refractivity contribution in [2.75, 3.05) is 13.7 Å². The first kappa shape index (κ1) is 27.6. The second-order valence-corrected chi connectivity index (χ2v) is 9.34. The molecule has 0 saturated heterocycles. The van der Waals surface area contributed by atoms with Gasteiger partial charge in [0.05, 0.1) is 11.6 Å². The third-order valence-electron chi connectivity index (χ3n) is 5.78. The second kappa shape index (κ2) is 12.8. The minimum Gasteiger partial charge on any atom is -0.478 e. The number of carbonyl (C=O) groups is 1. The normalized spacial score (nSPS) is 15.6. The molecule has 0 radical (unpaired) electrons. The van der Waals surface area contributed by atoms with Gasteiger partial charge in [-0.15, -0.1) is 0 Å². The summed E-state index contributed by atoms with van der Waals surface area (Å²) in [6.45, 7) is 6.46. The molecule has 9 nitrogen and oxygen atoms in total. The van der Waals surface area contributed by atoms with Crippen LogP contribution < -0.4 is 15.4 Å². The Morgan fingerprint density at radius 2 is 1.94 bits per heavy atom. The van der Waals surface area contributed by atoms with Crippen molar-refractivity contribution in [3.05, 3.63) is 58.2 Å². The number of nitrogens with one attached hydrogen (secondary N) is 2. The molecule has 2 heterocycles. The number of unbranched alkanes of at least 4 members (excludes halogenated alkanes) is 3. The summed E-state index contributed by atoms with van der Waals surface area (Å²) in [5, 5.41) is 16.7. The molecule has 0 saturated carbocycles. The average Bonchev–Trinajstić information content (AvgIpc) is 2.87. The number of benzene rings is 1. The number of carbonyl (C=O) groups excluding carboxylic acids is 1. The van der Waals surface area contributed by atoms with Crippen LogP contribution in [-0.2, 0) is 16.1 Å². The number of amides is 1. The van der Waals surface area contributed by atoms with Crippen LogP contribution in [0.2, 0.25) is 5.02 Å². The lowest BCUT2D eigenvalue weighted by molar-refractivity contribution is -0.139. The fraction of sp³-hybridized carbons (Fsp3) is 0.462. The molecule has 1 amide bonds. The van der Waals surface area contributed by atoms with Gasteiger partial charge in [-0.3, -0.25) is 4.79 Å². The Morgan fingerprint density at radius 3 is 2.64 bits per heavy atom. The number of rotatable bonds is 12. The van der Waals surface area contributed by atoms with Gasteiger partial charge in [-0.05, 0) is 44.0 Å². The van der Waals surface area contributed by atoms with E-state index in [2.05, 4.69) is 32.5 Å². The van der Waals surface area contributed by atoms with Gasteiger partial charge >= 0.3 is 0 Å². The van der Waals surface area contributed by atoms with Crippen LogP contribution in [0.15, 0.2) is 46.5 Å². The molecule has 0 bridgehead atoms. The highest BCUT2D eigenvalue weighted by Crippen LogP contribution is 2.21. The Hall–Kier alpha value is -3.01. The van der Waals surface area contributed by atoms with Crippen molar-refractivity contribution >= 4 is 29.2 Å². The number of hydrogen-bond acceptors (Lipinski definition) is 8. The number of methoxy groups -OCH3 is 1. The summed E-state index contributed by atoms with van der Waals surface area (Å²) < 4.78 is 10.9. The van der Waals surface area contributed by atoms with E-state index < -0.39 is 12.0 Å². The number of aromatic nitrogens is 1. The van der Waals surface area contributed by atoms with Crippen LogP contribution in [0, 0.1) is 0 Å². The Bertz CT molecular complexity index is 1100. The number of halogens is 1. The van der Waals surface area contributed by atoms with E-state index in [0.29, 0.717) is 40.3 Å². The SMILES string of the molecule is CCCCCCOc1ccc(C2=NC(O)N=C(c3cc(CNC(=O)C(C)(C)OC)ccc3Cl)N2)cn1. The standard InChI is InChI=1S/C26H34ClN5O4/c1-5-6-7-8-13-36-21-12-10-18(16-28-21)22-30-23(32-25(34)31-22)19-14-17(9-11-20(19)27)15-29-24(33)26(2,3)35-4/h9-12,14,16,25,34H,5-8,13,15H2,1-4H3,(H,29,33)(H,30,31,32). The van der Waals surface area contributed by atoms with Gasteiger partial charge in [-0.1, -0.05) is 43.9 Å². The number of amidine groups is 2. The first-order valence-corrected chi connectivity index (χ1v) is 12.4. The van der Waals surface area contributed by atoms with E-state index in [4.69, 9.17) is 21.1 Å². The van der Waals surface area contributed by atoms with E-state index in [-0.39, 0.29) is 12.5 Å².